The molecule has 0 spiro atoms. The topological polar surface area (TPSA) is 49.3 Å². The maximum atomic E-state index is 10.7. The van der Waals surface area contributed by atoms with Gasteiger partial charge in [0.1, 0.15) is 6.04 Å². The number of nitrogens with one attached hydrogen (secondary N) is 1. The van der Waals surface area contributed by atoms with Gasteiger partial charge in [0.05, 0.1) is 4.34 Å². The molecule has 0 amide bonds. The Morgan fingerprint density at radius 3 is 2.86 bits per heavy atom. The van der Waals surface area contributed by atoms with Crippen molar-refractivity contribution in [2.75, 3.05) is 0 Å². The van der Waals surface area contributed by atoms with Crippen LogP contribution in [0.4, 0.5) is 0 Å². The smallest absolute Gasteiger partial charge is 0.320 e. The second kappa shape index (κ2) is 3.88. The number of carboxylic acids is 1. The fraction of sp³-hybridized carbons (Fsp3) is 0.444. The van der Waals surface area contributed by atoms with Crippen molar-refractivity contribution in [1.82, 2.24) is 5.32 Å². The van der Waals surface area contributed by atoms with Crippen LogP contribution in [0.1, 0.15) is 23.8 Å². The van der Waals surface area contributed by atoms with E-state index in [2.05, 4.69) is 5.32 Å². The Morgan fingerprint density at radius 2 is 2.36 bits per heavy atom. The van der Waals surface area contributed by atoms with Crippen LogP contribution in [-0.4, -0.2) is 17.1 Å². The van der Waals surface area contributed by atoms with E-state index in [-0.39, 0.29) is 6.04 Å². The zero-order valence-corrected chi connectivity index (χ0v) is 8.94. The van der Waals surface area contributed by atoms with Crippen molar-refractivity contribution in [1.29, 1.82) is 0 Å². The Morgan fingerprint density at radius 1 is 1.57 bits per heavy atom. The van der Waals surface area contributed by atoms with Crippen LogP contribution in [0.25, 0.3) is 0 Å². The van der Waals surface area contributed by atoms with E-state index < -0.39 is 12.0 Å². The molecule has 1 fully saturated rings. The van der Waals surface area contributed by atoms with E-state index in [4.69, 9.17) is 16.7 Å². The van der Waals surface area contributed by atoms with Crippen molar-refractivity contribution in [2.45, 2.75) is 24.9 Å². The van der Waals surface area contributed by atoms with Crippen molar-refractivity contribution in [3.63, 3.8) is 0 Å². The van der Waals surface area contributed by atoms with Gasteiger partial charge in [0.2, 0.25) is 0 Å². The van der Waals surface area contributed by atoms with E-state index in [9.17, 15) is 4.79 Å². The standard InChI is InChI=1S/C9H10ClNO2S/c10-8-4-3-7(14-8)5-1-2-6(11-5)9(12)13/h3-6,11H,1-2H2,(H,12,13). The number of aliphatic carboxylic acids is 1. The molecule has 3 nitrogen and oxygen atoms in total. The number of halogens is 1. The lowest BCUT2D eigenvalue weighted by Crippen LogP contribution is -2.31. The molecule has 2 heterocycles. The predicted molar refractivity (Wildman–Crippen MR) is 55.9 cm³/mol. The summed E-state index contributed by atoms with van der Waals surface area (Å²) >= 11 is 7.32. The zero-order valence-electron chi connectivity index (χ0n) is 7.37. The Bertz CT molecular complexity index is 352. The summed E-state index contributed by atoms with van der Waals surface area (Å²) in [4.78, 5) is 11.8. The summed E-state index contributed by atoms with van der Waals surface area (Å²) in [6.07, 6.45) is 1.56. The first-order valence-corrected chi connectivity index (χ1v) is 5.60. The van der Waals surface area contributed by atoms with Gasteiger partial charge in [-0.05, 0) is 25.0 Å². The highest BCUT2D eigenvalue weighted by Gasteiger charge is 2.30. The Kier molecular flexibility index (Phi) is 2.76. The van der Waals surface area contributed by atoms with Gasteiger partial charge >= 0.3 is 5.97 Å². The fourth-order valence-electron chi connectivity index (χ4n) is 1.68. The van der Waals surface area contributed by atoms with Crippen molar-refractivity contribution < 1.29 is 9.90 Å². The van der Waals surface area contributed by atoms with Gasteiger partial charge in [-0.15, -0.1) is 11.3 Å². The van der Waals surface area contributed by atoms with Gasteiger partial charge in [0.15, 0.2) is 0 Å². The molecule has 0 bridgehead atoms. The molecule has 0 aliphatic carbocycles. The molecule has 76 valence electrons. The molecule has 1 aromatic rings. The van der Waals surface area contributed by atoms with Crippen LogP contribution in [0.2, 0.25) is 4.34 Å². The van der Waals surface area contributed by atoms with Crippen molar-refractivity contribution in [3.05, 3.63) is 21.3 Å². The van der Waals surface area contributed by atoms with Crippen LogP contribution in [-0.2, 0) is 4.79 Å². The molecular weight excluding hydrogens is 222 g/mol. The minimum atomic E-state index is -0.768. The molecular formula is C9H10ClNO2S. The average molecular weight is 232 g/mol. The molecule has 0 radical (unpaired) electrons. The van der Waals surface area contributed by atoms with Crippen molar-refractivity contribution in [2.24, 2.45) is 0 Å². The van der Waals surface area contributed by atoms with Gasteiger partial charge < -0.3 is 5.11 Å². The lowest BCUT2D eigenvalue weighted by molar-refractivity contribution is -0.139. The third kappa shape index (κ3) is 1.92. The highest BCUT2D eigenvalue weighted by Crippen LogP contribution is 2.33. The average Bonchev–Trinajstić information content (AvgIpc) is 2.70. The number of carboxylic acid groups (broad SMARTS) is 1. The molecule has 0 aromatic carbocycles. The number of rotatable bonds is 2. The number of thiophene rings is 1. The maximum absolute atomic E-state index is 10.7. The van der Waals surface area contributed by atoms with Gasteiger partial charge in [0.25, 0.3) is 0 Å². The molecule has 2 N–H and O–H groups in total. The molecule has 14 heavy (non-hydrogen) atoms. The maximum Gasteiger partial charge on any atom is 0.320 e. The van der Waals surface area contributed by atoms with Gasteiger partial charge in [-0.2, -0.15) is 0 Å². The summed E-state index contributed by atoms with van der Waals surface area (Å²) in [5, 5.41) is 11.9. The first-order valence-electron chi connectivity index (χ1n) is 4.41. The number of hydrogen-bond donors (Lipinski definition) is 2. The van der Waals surface area contributed by atoms with Crippen LogP contribution in [0.15, 0.2) is 12.1 Å². The third-order valence-corrected chi connectivity index (χ3v) is 3.73. The van der Waals surface area contributed by atoms with Crippen LogP contribution in [0.3, 0.4) is 0 Å². The summed E-state index contributed by atoms with van der Waals surface area (Å²) in [7, 11) is 0. The number of hydrogen-bond acceptors (Lipinski definition) is 3. The minimum absolute atomic E-state index is 0.161. The van der Waals surface area contributed by atoms with Crippen LogP contribution >= 0.6 is 22.9 Å². The van der Waals surface area contributed by atoms with Crippen LogP contribution in [0, 0.1) is 0 Å². The third-order valence-electron chi connectivity index (χ3n) is 2.38. The van der Waals surface area contributed by atoms with Crippen molar-refractivity contribution in [3.8, 4) is 0 Å². The first kappa shape index (κ1) is 9.96. The van der Waals surface area contributed by atoms with E-state index in [0.717, 1.165) is 15.6 Å². The zero-order chi connectivity index (χ0) is 10.1. The Balaban J connectivity index is 2.05. The second-order valence-corrected chi connectivity index (χ2v) is 5.08. The molecule has 2 atom stereocenters. The SMILES string of the molecule is O=C(O)C1CCC(c2ccc(Cl)s2)N1. The lowest BCUT2D eigenvalue weighted by atomic mass is 10.2. The highest BCUT2D eigenvalue weighted by atomic mass is 35.5. The molecule has 1 saturated heterocycles. The molecule has 0 saturated carbocycles. The van der Waals surface area contributed by atoms with Gasteiger partial charge in [-0.3, -0.25) is 10.1 Å². The fourth-order valence-corrected chi connectivity index (χ4v) is 2.83. The summed E-state index contributed by atoms with van der Waals surface area (Å²) < 4.78 is 0.751. The van der Waals surface area contributed by atoms with Crippen molar-refractivity contribution >= 4 is 28.9 Å². The van der Waals surface area contributed by atoms with E-state index in [1.165, 1.54) is 11.3 Å². The molecule has 2 rings (SSSR count). The van der Waals surface area contributed by atoms with Crippen LogP contribution in [0.5, 0.6) is 0 Å². The first-order chi connectivity index (χ1) is 6.66. The largest absolute Gasteiger partial charge is 0.480 e. The summed E-state index contributed by atoms with van der Waals surface area (Å²) in [6.45, 7) is 0. The normalized spacial score (nSPS) is 26.6. The molecule has 1 aromatic heterocycles. The quantitative estimate of drug-likeness (QED) is 0.821. The number of carbonyl (C=O) groups is 1. The van der Waals surface area contributed by atoms with E-state index in [0.29, 0.717) is 6.42 Å². The predicted octanol–water partition coefficient (Wildman–Crippen LogP) is 2.28. The van der Waals surface area contributed by atoms with Gasteiger partial charge in [-0.25, -0.2) is 0 Å². The second-order valence-electron chi connectivity index (χ2n) is 3.33. The van der Waals surface area contributed by atoms with Crippen LogP contribution < -0.4 is 5.32 Å². The highest BCUT2D eigenvalue weighted by molar-refractivity contribution is 7.16. The Hall–Kier alpha value is -0.580. The Labute approximate surface area is 90.7 Å². The minimum Gasteiger partial charge on any atom is -0.480 e. The van der Waals surface area contributed by atoms with Gasteiger partial charge in [0, 0.05) is 10.9 Å². The molecule has 2 unspecified atom stereocenters. The molecule has 1 aliphatic rings. The van der Waals surface area contributed by atoms with E-state index in [1.54, 1.807) is 0 Å². The summed E-state index contributed by atoms with van der Waals surface area (Å²) in [6, 6.07) is 3.56. The van der Waals surface area contributed by atoms with Gasteiger partial charge in [-0.1, -0.05) is 11.6 Å². The molecule has 5 heteroatoms. The van der Waals surface area contributed by atoms with E-state index in [1.807, 2.05) is 12.1 Å². The molecule has 1 aliphatic heterocycles. The monoisotopic (exact) mass is 231 g/mol. The van der Waals surface area contributed by atoms with E-state index >= 15 is 0 Å². The lowest BCUT2D eigenvalue weighted by Gasteiger charge is -2.08. The summed E-state index contributed by atoms with van der Waals surface area (Å²) in [5.41, 5.74) is 0. The summed E-state index contributed by atoms with van der Waals surface area (Å²) in [5.74, 6) is -0.768.